The summed E-state index contributed by atoms with van der Waals surface area (Å²) in [6.45, 7) is 0.675. The van der Waals surface area contributed by atoms with Gasteiger partial charge in [0.2, 0.25) is 0 Å². The van der Waals surface area contributed by atoms with Gasteiger partial charge in [-0.05, 0) is 12.0 Å². The molecule has 0 amide bonds. The minimum atomic E-state index is -0.166. The normalized spacial score (nSPS) is 11.7. The van der Waals surface area contributed by atoms with Crippen molar-refractivity contribution in [2.24, 2.45) is 0 Å². The summed E-state index contributed by atoms with van der Waals surface area (Å²) in [5, 5.41) is 0. The van der Waals surface area contributed by atoms with Gasteiger partial charge in [-0.2, -0.15) is 0 Å². The van der Waals surface area contributed by atoms with Crippen molar-refractivity contribution >= 4 is 23.2 Å². The van der Waals surface area contributed by atoms with Crippen LogP contribution in [0.4, 0.5) is 0 Å². The maximum absolute atomic E-state index is 6.05. The van der Waals surface area contributed by atoms with Crippen LogP contribution in [0, 0.1) is 0 Å². The van der Waals surface area contributed by atoms with Gasteiger partial charge in [0.05, 0.1) is 0 Å². The average Bonchev–Trinajstić information content (AvgIpc) is 2.33. The largest absolute Gasteiger partial charge is 0.385 e. The highest BCUT2D eigenvalue weighted by Crippen LogP contribution is 2.31. The Morgan fingerprint density at radius 2 is 1.73 bits per heavy atom. The fraction of sp³-hybridized carbons (Fsp3) is 0.500. The number of halogens is 2. The zero-order valence-electron chi connectivity index (χ0n) is 8.88. The Morgan fingerprint density at radius 1 is 1.13 bits per heavy atom. The first-order chi connectivity index (χ1) is 7.29. The number of methoxy groups -OCH3 is 1. The highest BCUT2D eigenvalue weighted by atomic mass is 35.5. The second-order valence-corrected chi connectivity index (χ2v) is 4.19. The van der Waals surface area contributed by atoms with Crippen LogP contribution < -0.4 is 0 Å². The molecule has 0 aliphatic rings. The fourth-order valence-corrected chi connectivity index (χ4v) is 2.42. The van der Waals surface area contributed by atoms with Gasteiger partial charge in [-0.15, -0.1) is 23.2 Å². The number of hydrogen-bond acceptors (Lipinski definition) is 1. The van der Waals surface area contributed by atoms with Gasteiger partial charge in [0, 0.05) is 30.9 Å². The molecule has 0 atom stereocenters. The van der Waals surface area contributed by atoms with Gasteiger partial charge in [0.25, 0.3) is 0 Å². The molecule has 1 aromatic carbocycles. The van der Waals surface area contributed by atoms with Gasteiger partial charge < -0.3 is 4.74 Å². The van der Waals surface area contributed by atoms with Crippen molar-refractivity contribution in [2.45, 2.75) is 11.8 Å². The molecule has 0 aromatic heterocycles. The van der Waals surface area contributed by atoms with E-state index in [1.807, 2.05) is 18.2 Å². The minimum Gasteiger partial charge on any atom is -0.385 e. The Labute approximate surface area is 101 Å². The van der Waals surface area contributed by atoms with Crippen molar-refractivity contribution in [3.8, 4) is 0 Å². The van der Waals surface area contributed by atoms with Crippen molar-refractivity contribution < 1.29 is 4.74 Å². The van der Waals surface area contributed by atoms with E-state index < -0.39 is 0 Å². The summed E-state index contributed by atoms with van der Waals surface area (Å²) in [6.07, 6.45) is 0.848. The predicted octanol–water partition coefficient (Wildman–Crippen LogP) is 3.44. The lowest BCUT2D eigenvalue weighted by Crippen LogP contribution is -2.32. The number of alkyl halides is 2. The van der Waals surface area contributed by atoms with Crippen LogP contribution in [0.25, 0.3) is 0 Å². The molecule has 3 heteroatoms. The molecule has 0 spiro atoms. The highest BCUT2D eigenvalue weighted by Gasteiger charge is 2.29. The van der Waals surface area contributed by atoms with Crippen molar-refractivity contribution in [2.75, 3.05) is 25.5 Å². The maximum Gasteiger partial charge on any atom is 0.0471 e. The molecule has 0 aliphatic heterocycles. The second-order valence-electron chi connectivity index (χ2n) is 3.66. The Balaban J connectivity index is 2.89. The van der Waals surface area contributed by atoms with E-state index in [9.17, 15) is 0 Å². The number of rotatable bonds is 6. The molecule has 1 rings (SSSR count). The van der Waals surface area contributed by atoms with Crippen LogP contribution in [-0.4, -0.2) is 25.5 Å². The molecular weight excluding hydrogens is 231 g/mol. The predicted molar refractivity (Wildman–Crippen MR) is 66.1 cm³/mol. The molecule has 1 nitrogen and oxygen atoms in total. The second kappa shape index (κ2) is 6.37. The summed E-state index contributed by atoms with van der Waals surface area (Å²) < 4.78 is 5.11. The Bertz CT molecular complexity index is 270. The maximum atomic E-state index is 6.05. The van der Waals surface area contributed by atoms with Crippen LogP contribution in [0.15, 0.2) is 30.3 Å². The molecule has 0 fully saturated rings. The Morgan fingerprint density at radius 3 is 2.20 bits per heavy atom. The van der Waals surface area contributed by atoms with E-state index in [0.29, 0.717) is 18.4 Å². The monoisotopic (exact) mass is 246 g/mol. The molecule has 0 bridgehead atoms. The quantitative estimate of drug-likeness (QED) is 0.700. The molecule has 84 valence electrons. The molecule has 0 radical (unpaired) electrons. The van der Waals surface area contributed by atoms with Gasteiger partial charge in [0.15, 0.2) is 0 Å². The lowest BCUT2D eigenvalue weighted by molar-refractivity contribution is 0.176. The van der Waals surface area contributed by atoms with Crippen molar-refractivity contribution in [3.05, 3.63) is 35.9 Å². The van der Waals surface area contributed by atoms with Crippen LogP contribution in [0.3, 0.4) is 0 Å². The third-order valence-electron chi connectivity index (χ3n) is 2.68. The zero-order chi connectivity index (χ0) is 11.1. The first kappa shape index (κ1) is 12.8. The smallest absolute Gasteiger partial charge is 0.0471 e. The molecule has 0 aliphatic carbocycles. The van der Waals surface area contributed by atoms with Crippen molar-refractivity contribution in [1.29, 1.82) is 0 Å². The molecule has 1 aromatic rings. The van der Waals surface area contributed by atoms with Crippen LogP contribution >= 0.6 is 23.2 Å². The van der Waals surface area contributed by atoms with Crippen molar-refractivity contribution in [1.82, 2.24) is 0 Å². The van der Waals surface area contributed by atoms with Gasteiger partial charge >= 0.3 is 0 Å². The summed E-state index contributed by atoms with van der Waals surface area (Å²) in [6, 6.07) is 10.2. The molecule has 0 saturated carbocycles. The minimum absolute atomic E-state index is 0.166. The van der Waals surface area contributed by atoms with Gasteiger partial charge in [-0.3, -0.25) is 0 Å². The molecule has 0 N–H and O–H groups in total. The lowest BCUT2D eigenvalue weighted by Gasteiger charge is -2.29. The molecule has 0 saturated heterocycles. The van der Waals surface area contributed by atoms with E-state index in [4.69, 9.17) is 27.9 Å². The summed E-state index contributed by atoms with van der Waals surface area (Å²) >= 11 is 12.1. The zero-order valence-corrected chi connectivity index (χ0v) is 10.4. The standard InChI is InChI=1S/C12H16Cl2O/c1-15-8-7-12(9-13,10-14)11-5-3-2-4-6-11/h2-6H,7-10H2,1H3. The van der Waals surface area contributed by atoms with E-state index in [1.165, 1.54) is 5.56 Å². The van der Waals surface area contributed by atoms with Gasteiger partial charge in [-0.25, -0.2) is 0 Å². The summed E-state index contributed by atoms with van der Waals surface area (Å²) in [4.78, 5) is 0. The van der Waals surface area contributed by atoms with Crippen LogP contribution in [0.2, 0.25) is 0 Å². The van der Waals surface area contributed by atoms with Crippen LogP contribution in [0.1, 0.15) is 12.0 Å². The Kier molecular flexibility index (Phi) is 5.44. The van der Waals surface area contributed by atoms with Gasteiger partial charge in [-0.1, -0.05) is 30.3 Å². The first-order valence-corrected chi connectivity index (χ1v) is 6.02. The molecular formula is C12H16Cl2O. The van der Waals surface area contributed by atoms with Crippen LogP contribution in [-0.2, 0) is 10.2 Å². The Hall–Kier alpha value is -0.240. The van der Waals surface area contributed by atoms with E-state index in [2.05, 4.69) is 12.1 Å². The SMILES string of the molecule is COCCC(CCl)(CCl)c1ccccc1. The summed E-state index contributed by atoms with van der Waals surface area (Å²) in [5.41, 5.74) is 1.02. The number of hydrogen-bond donors (Lipinski definition) is 0. The number of ether oxygens (including phenoxy) is 1. The molecule has 0 heterocycles. The van der Waals surface area contributed by atoms with Crippen molar-refractivity contribution in [3.63, 3.8) is 0 Å². The topological polar surface area (TPSA) is 9.23 Å². The number of benzene rings is 1. The third-order valence-corrected chi connectivity index (χ3v) is 3.71. The van der Waals surface area contributed by atoms with E-state index in [-0.39, 0.29) is 5.41 Å². The average molecular weight is 247 g/mol. The summed E-state index contributed by atoms with van der Waals surface area (Å²) in [5.74, 6) is 1.04. The lowest BCUT2D eigenvalue weighted by atomic mass is 9.81. The first-order valence-electron chi connectivity index (χ1n) is 4.95. The van der Waals surface area contributed by atoms with Gasteiger partial charge in [0.1, 0.15) is 0 Å². The molecule has 0 unspecified atom stereocenters. The van der Waals surface area contributed by atoms with E-state index in [0.717, 1.165) is 6.42 Å². The van der Waals surface area contributed by atoms with E-state index >= 15 is 0 Å². The summed E-state index contributed by atoms with van der Waals surface area (Å²) in [7, 11) is 1.69. The highest BCUT2D eigenvalue weighted by molar-refractivity contribution is 6.22. The molecule has 15 heavy (non-hydrogen) atoms. The fourth-order valence-electron chi connectivity index (χ4n) is 1.56. The van der Waals surface area contributed by atoms with Crippen LogP contribution in [0.5, 0.6) is 0 Å². The van der Waals surface area contributed by atoms with E-state index in [1.54, 1.807) is 7.11 Å². The third kappa shape index (κ3) is 3.10.